The maximum absolute atomic E-state index is 13.7. The lowest BCUT2D eigenvalue weighted by molar-refractivity contribution is -0.139. The zero-order chi connectivity index (χ0) is 26.2. The van der Waals surface area contributed by atoms with E-state index in [-0.39, 0.29) is 29.2 Å². The predicted molar refractivity (Wildman–Crippen MR) is 140 cm³/mol. The molecule has 1 amide bonds. The minimum Gasteiger partial charge on any atom is -0.480 e. The molecule has 0 aliphatic heterocycles. The number of furan rings is 1. The number of fused-ring (bicyclic) bond motifs is 2. The van der Waals surface area contributed by atoms with E-state index in [0.717, 1.165) is 43.0 Å². The zero-order valence-electron chi connectivity index (χ0n) is 20.6. The summed E-state index contributed by atoms with van der Waals surface area (Å²) in [6.07, 6.45) is 6.60. The fourth-order valence-corrected chi connectivity index (χ4v) is 5.41. The van der Waals surface area contributed by atoms with Crippen molar-refractivity contribution in [2.45, 2.75) is 50.5 Å². The van der Waals surface area contributed by atoms with Gasteiger partial charge < -0.3 is 19.8 Å². The van der Waals surface area contributed by atoms with Gasteiger partial charge in [-0.3, -0.25) is 14.7 Å². The molecule has 1 fully saturated rings. The maximum atomic E-state index is 13.7. The number of aromatic nitrogens is 4. The number of carboxylic acids is 1. The Labute approximate surface area is 216 Å². The smallest absolute Gasteiger partial charge is 0.326 e. The maximum Gasteiger partial charge on any atom is 0.326 e. The van der Waals surface area contributed by atoms with Crippen LogP contribution in [0.15, 0.2) is 64.0 Å². The average molecular weight is 514 g/mol. The SMILES string of the molecule is O=C(NC(Cc1cc2ccccc2[nH]1)C(=O)O)c1cc2nc(-c3ccco3)c(C3CCCCC3)c(=O)n2[nH]1. The van der Waals surface area contributed by atoms with Crippen LogP contribution < -0.4 is 10.9 Å². The summed E-state index contributed by atoms with van der Waals surface area (Å²) in [4.78, 5) is 46.7. The first-order chi connectivity index (χ1) is 18.5. The molecule has 0 saturated heterocycles. The lowest BCUT2D eigenvalue weighted by Crippen LogP contribution is -2.42. The summed E-state index contributed by atoms with van der Waals surface area (Å²) in [5.74, 6) is -1.25. The van der Waals surface area contributed by atoms with Crippen molar-refractivity contribution in [3.05, 3.63) is 82.1 Å². The Balaban J connectivity index is 1.32. The highest BCUT2D eigenvalue weighted by molar-refractivity contribution is 5.96. The lowest BCUT2D eigenvalue weighted by atomic mass is 9.83. The quantitative estimate of drug-likeness (QED) is 0.256. The third kappa shape index (κ3) is 4.38. The molecule has 1 saturated carbocycles. The van der Waals surface area contributed by atoms with Crippen molar-refractivity contribution in [3.8, 4) is 11.5 Å². The Morgan fingerprint density at radius 3 is 2.68 bits per heavy atom. The van der Waals surface area contributed by atoms with Crippen molar-refractivity contribution in [3.63, 3.8) is 0 Å². The van der Waals surface area contributed by atoms with Crippen molar-refractivity contribution in [2.24, 2.45) is 0 Å². The highest BCUT2D eigenvalue weighted by Crippen LogP contribution is 2.35. The second kappa shape index (κ2) is 9.70. The standard InChI is InChI=1S/C28H27N5O5/c34-26(30-21(28(36)37)14-18-13-17-9-4-5-10-19(17)29-18)20-15-23-31-25(22-11-6-12-38-22)24(27(35)33(23)32-20)16-7-2-1-3-8-16/h4-6,9-13,15-16,21,29,32H,1-3,7-8,14H2,(H,30,34)(H,36,37). The first-order valence-corrected chi connectivity index (χ1v) is 12.8. The van der Waals surface area contributed by atoms with E-state index in [2.05, 4.69) is 15.4 Å². The molecule has 1 atom stereocenters. The summed E-state index contributed by atoms with van der Waals surface area (Å²) in [5.41, 5.74) is 2.67. The number of H-pyrrole nitrogens is 2. The number of para-hydroxylation sites is 1. The summed E-state index contributed by atoms with van der Waals surface area (Å²) in [6, 6.07) is 13.3. The van der Waals surface area contributed by atoms with Crippen molar-refractivity contribution < 1.29 is 19.1 Å². The van der Waals surface area contributed by atoms with Gasteiger partial charge in [0, 0.05) is 23.7 Å². The number of amides is 1. The van der Waals surface area contributed by atoms with Crippen LogP contribution in [0, 0.1) is 0 Å². The Hall–Kier alpha value is -4.60. The van der Waals surface area contributed by atoms with Gasteiger partial charge in [0.05, 0.1) is 11.8 Å². The van der Waals surface area contributed by atoms with Gasteiger partial charge in [0.1, 0.15) is 17.4 Å². The van der Waals surface area contributed by atoms with E-state index in [4.69, 9.17) is 9.40 Å². The van der Waals surface area contributed by atoms with Crippen molar-refractivity contribution >= 4 is 28.4 Å². The van der Waals surface area contributed by atoms with Gasteiger partial charge in [-0.2, -0.15) is 0 Å². The number of nitrogens with one attached hydrogen (secondary N) is 3. The fraction of sp³-hybridized carbons (Fsp3) is 0.286. The van der Waals surface area contributed by atoms with Gasteiger partial charge >= 0.3 is 5.97 Å². The van der Waals surface area contributed by atoms with Crippen LogP contribution in [0.2, 0.25) is 0 Å². The molecule has 6 rings (SSSR count). The number of carboxylic acid groups (broad SMARTS) is 1. The molecule has 10 heteroatoms. The number of carbonyl (C=O) groups excluding carboxylic acids is 1. The molecular formula is C28H27N5O5. The van der Waals surface area contributed by atoms with E-state index in [0.29, 0.717) is 22.7 Å². The molecule has 4 heterocycles. The summed E-state index contributed by atoms with van der Waals surface area (Å²) in [6.45, 7) is 0. The van der Waals surface area contributed by atoms with E-state index in [1.165, 1.54) is 10.6 Å². The Morgan fingerprint density at radius 1 is 1.13 bits per heavy atom. The van der Waals surface area contributed by atoms with Crippen LogP contribution in [0.3, 0.4) is 0 Å². The number of hydrogen-bond acceptors (Lipinski definition) is 5. The molecule has 4 N–H and O–H groups in total. The van der Waals surface area contributed by atoms with Crippen molar-refractivity contribution in [2.75, 3.05) is 0 Å². The van der Waals surface area contributed by atoms with E-state index < -0.39 is 17.9 Å². The molecule has 38 heavy (non-hydrogen) atoms. The molecule has 10 nitrogen and oxygen atoms in total. The third-order valence-corrected chi connectivity index (χ3v) is 7.28. The van der Waals surface area contributed by atoms with Crippen LogP contribution in [0.25, 0.3) is 28.0 Å². The second-order valence-electron chi connectivity index (χ2n) is 9.81. The minimum atomic E-state index is -1.18. The minimum absolute atomic E-state index is 0.0451. The number of aromatic amines is 2. The van der Waals surface area contributed by atoms with Gasteiger partial charge in [0.2, 0.25) is 0 Å². The fourth-order valence-electron chi connectivity index (χ4n) is 5.41. The van der Waals surface area contributed by atoms with Gasteiger partial charge in [-0.15, -0.1) is 0 Å². The first-order valence-electron chi connectivity index (χ1n) is 12.8. The summed E-state index contributed by atoms with van der Waals surface area (Å²) in [5, 5.41) is 16.2. The Bertz CT molecular complexity index is 1650. The number of nitrogens with zero attached hydrogens (tertiary/aromatic N) is 2. The largest absolute Gasteiger partial charge is 0.480 e. The highest BCUT2D eigenvalue weighted by atomic mass is 16.4. The highest BCUT2D eigenvalue weighted by Gasteiger charge is 2.28. The third-order valence-electron chi connectivity index (χ3n) is 7.28. The van der Waals surface area contributed by atoms with Crippen molar-refractivity contribution in [1.82, 2.24) is 24.9 Å². The molecular weight excluding hydrogens is 486 g/mol. The average Bonchev–Trinajstić information content (AvgIpc) is 3.68. The number of benzene rings is 1. The molecule has 194 valence electrons. The normalized spacial score (nSPS) is 15.2. The van der Waals surface area contributed by atoms with Gasteiger partial charge in [-0.05, 0) is 48.4 Å². The van der Waals surface area contributed by atoms with Crippen LogP contribution in [-0.4, -0.2) is 42.6 Å². The van der Waals surface area contributed by atoms with E-state index >= 15 is 0 Å². The van der Waals surface area contributed by atoms with E-state index in [1.54, 1.807) is 18.4 Å². The topological polar surface area (TPSA) is 145 Å². The van der Waals surface area contributed by atoms with E-state index in [9.17, 15) is 19.5 Å². The van der Waals surface area contributed by atoms with Gasteiger partial charge in [0.25, 0.3) is 11.5 Å². The number of carbonyl (C=O) groups is 2. The second-order valence-corrected chi connectivity index (χ2v) is 9.81. The lowest BCUT2D eigenvalue weighted by Gasteiger charge is -2.22. The molecule has 4 aromatic heterocycles. The van der Waals surface area contributed by atoms with Crippen molar-refractivity contribution in [1.29, 1.82) is 0 Å². The molecule has 5 aromatic rings. The van der Waals surface area contributed by atoms with Gasteiger partial charge in [0.15, 0.2) is 11.4 Å². The van der Waals surface area contributed by atoms with Crippen LogP contribution in [0.5, 0.6) is 0 Å². The Kier molecular flexibility index (Phi) is 6.07. The molecule has 1 unspecified atom stereocenters. The van der Waals surface area contributed by atoms with Crippen LogP contribution in [0.4, 0.5) is 0 Å². The molecule has 0 spiro atoms. The molecule has 0 bridgehead atoms. The monoisotopic (exact) mass is 513 g/mol. The first kappa shape index (κ1) is 23.8. The Morgan fingerprint density at radius 2 is 1.95 bits per heavy atom. The molecule has 1 aliphatic carbocycles. The summed E-state index contributed by atoms with van der Waals surface area (Å²) < 4.78 is 6.86. The molecule has 1 aromatic carbocycles. The predicted octanol–water partition coefficient (Wildman–Crippen LogP) is 4.24. The zero-order valence-corrected chi connectivity index (χ0v) is 20.6. The van der Waals surface area contributed by atoms with Crippen LogP contribution in [-0.2, 0) is 11.2 Å². The van der Waals surface area contributed by atoms with E-state index in [1.807, 2.05) is 30.3 Å². The number of hydrogen-bond donors (Lipinski definition) is 4. The van der Waals surface area contributed by atoms with Crippen LogP contribution in [0.1, 0.15) is 59.8 Å². The molecule has 0 radical (unpaired) electrons. The molecule has 1 aliphatic rings. The summed E-state index contributed by atoms with van der Waals surface area (Å²) in [7, 11) is 0. The number of aliphatic carboxylic acids is 1. The number of rotatable bonds is 7. The van der Waals surface area contributed by atoms with Crippen LogP contribution >= 0.6 is 0 Å². The van der Waals surface area contributed by atoms with Gasteiger partial charge in [-0.1, -0.05) is 37.5 Å². The van der Waals surface area contributed by atoms with Gasteiger partial charge in [-0.25, -0.2) is 14.3 Å². The summed E-state index contributed by atoms with van der Waals surface area (Å²) >= 11 is 0.